The summed E-state index contributed by atoms with van der Waals surface area (Å²) in [5.41, 5.74) is 3.84. The highest BCUT2D eigenvalue weighted by Crippen LogP contribution is 2.42. The summed E-state index contributed by atoms with van der Waals surface area (Å²) in [4.78, 5) is 30.0. The first-order valence-corrected chi connectivity index (χ1v) is 10.6. The topological polar surface area (TPSA) is 60.9 Å². The average Bonchev–Trinajstić information content (AvgIpc) is 3.35. The highest BCUT2D eigenvalue weighted by Gasteiger charge is 2.44. The minimum Gasteiger partial charge on any atom is -0.503 e. The molecular formula is C25H28N2O3. The molecule has 156 valence electrons. The van der Waals surface area contributed by atoms with E-state index in [-0.39, 0.29) is 17.3 Å². The van der Waals surface area contributed by atoms with Gasteiger partial charge in [-0.3, -0.25) is 14.5 Å². The smallest absolute Gasteiger partial charge is 0.294 e. The standard InChI is InChI=1S/C25H28N2O3/c1-16(2)23(28)21-22(18-8-6-7-17(3)15-18)27(25(30)24(21)29)20-11-9-19(10-12-20)26-13-4-5-14-26/h6-12,15-16,22,29H,4-5,13-14H2,1-3H3. The van der Waals surface area contributed by atoms with Gasteiger partial charge in [-0.05, 0) is 49.6 Å². The van der Waals surface area contributed by atoms with E-state index in [0.29, 0.717) is 5.69 Å². The van der Waals surface area contributed by atoms with Crippen molar-refractivity contribution < 1.29 is 14.7 Å². The van der Waals surface area contributed by atoms with Gasteiger partial charge in [0.1, 0.15) is 0 Å². The lowest BCUT2D eigenvalue weighted by Crippen LogP contribution is -2.31. The molecular weight excluding hydrogens is 376 g/mol. The number of aliphatic hydroxyl groups is 1. The van der Waals surface area contributed by atoms with Gasteiger partial charge < -0.3 is 10.0 Å². The monoisotopic (exact) mass is 404 g/mol. The van der Waals surface area contributed by atoms with E-state index in [4.69, 9.17) is 0 Å². The number of amides is 1. The number of nitrogens with zero attached hydrogens (tertiary/aromatic N) is 2. The van der Waals surface area contributed by atoms with Crippen LogP contribution in [0.15, 0.2) is 59.9 Å². The van der Waals surface area contributed by atoms with E-state index in [1.165, 1.54) is 12.8 Å². The van der Waals surface area contributed by atoms with Gasteiger partial charge in [0.2, 0.25) is 0 Å². The zero-order chi connectivity index (χ0) is 21.4. The van der Waals surface area contributed by atoms with E-state index in [2.05, 4.69) is 4.90 Å². The molecule has 0 saturated carbocycles. The summed E-state index contributed by atoms with van der Waals surface area (Å²) in [5, 5.41) is 10.7. The molecule has 2 aliphatic rings. The van der Waals surface area contributed by atoms with Crippen molar-refractivity contribution in [3.63, 3.8) is 0 Å². The number of aryl methyl sites for hydroxylation is 1. The maximum atomic E-state index is 13.1. The molecule has 2 heterocycles. The molecule has 0 aromatic heterocycles. The van der Waals surface area contributed by atoms with E-state index in [0.717, 1.165) is 29.9 Å². The van der Waals surface area contributed by atoms with Gasteiger partial charge in [0.05, 0.1) is 11.6 Å². The molecule has 1 N–H and O–H groups in total. The second-order valence-electron chi connectivity index (χ2n) is 8.48. The molecule has 2 aromatic carbocycles. The van der Waals surface area contributed by atoms with E-state index >= 15 is 0 Å². The molecule has 1 unspecified atom stereocenters. The lowest BCUT2D eigenvalue weighted by atomic mass is 9.90. The normalized spacial score (nSPS) is 19.3. The van der Waals surface area contributed by atoms with Crippen LogP contribution in [0.3, 0.4) is 0 Å². The van der Waals surface area contributed by atoms with Gasteiger partial charge in [0.15, 0.2) is 11.5 Å². The van der Waals surface area contributed by atoms with Gasteiger partial charge in [-0.15, -0.1) is 0 Å². The van der Waals surface area contributed by atoms with Gasteiger partial charge >= 0.3 is 0 Å². The van der Waals surface area contributed by atoms with Crippen molar-refractivity contribution in [3.05, 3.63) is 71.0 Å². The van der Waals surface area contributed by atoms with Crippen LogP contribution in [-0.2, 0) is 9.59 Å². The molecule has 0 aliphatic carbocycles. The summed E-state index contributed by atoms with van der Waals surface area (Å²) in [7, 11) is 0. The van der Waals surface area contributed by atoms with Gasteiger partial charge in [-0.2, -0.15) is 0 Å². The Morgan fingerprint density at radius 3 is 2.27 bits per heavy atom. The zero-order valence-electron chi connectivity index (χ0n) is 17.8. The fraction of sp³-hybridized carbons (Fsp3) is 0.360. The van der Waals surface area contributed by atoms with Crippen LogP contribution >= 0.6 is 0 Å². The average molecular weight is 405 g/mol. The van der Waals surface area contributed by atoms with Crippen molar-refractivity contribution in [2.45, 2.75) is 39.7 Å². The molecule has 0 radical (unpaired) electrons. The molecule has 5 heteroatoms. The minimum atomic E-state index is -0.634. The van der Waals surface area contributed by atoms with Crippen LogP contribution in [0.2, 0.25) is 0 Å². The fourth-order valence-corrected chi connectivity index (χ4v) is 4.39. The lowest BCUT2D eigenvalue weighted by Gasteiger charge is -2.28. The molecule has 4 rings (SSSR count). The van der Waals surface area contributed by atoms with E-state index < -0.39 is 17.7 Å². The van der Waals surface area contributed by atoms with Crippen LogP contribution in [0, 0.1) is 12.8 Å². The van der Waals surface area contributed by atoms with Crippen LogP contribution in [0.5, 0.6) is 0 Å². The number of benzene rings is 2. The Labute approximate surface area is 177 Å². The van der Waals surface area contributed by atoms with Crippen LogP contribution in [0.4, 0.5) is 11.4 Å². The van der Waals surface area contributed by atoms with Crippen molar-refractivity contribution in [1.82, 2.24) is 0 Å². The number of Topliss-reactive ketones (excluding diaryl/α,β-unsaturated/α-hetero) is 1. The number of anilines is 2. The maximum absolute atomic E-state index is 13.1. The van der Waals surface area contributed by atoms with Gasteiger partial charge in [0, 0.05) is 30.4 Å². The summed E-state index contributed by atoms with van der Waals surface area (Å²) in [6, 6.07) is 15.0. The Bertz CT molecular complexity index is 1000. The number of hydrogen-bond acceptors (Lipinski definition) is 4. The summed E-state index contributed by atoms with van der Waals surface area (Å²) in [6.45, 7) is 7.64. The van der Waals surface area contributed by atoms with Crippen molar-refractivity contribution >= 4 is 23.1 Å². The third-order valence-electron chi connectivity index (χ3n) is 5.95. The van der Waals surface area contributed by atoms with Crippen LogP contribution in [0.1, 0.15) is 43.9 Å². The van der Waals surface area contributed by atoms with Crippen molar-refractivity contribution in [1.29, 1.82) is 0 Å². The summed E-state index contributed by atoms with van der Waals surface area (Å²) in [5.74, 6) is -1.49. The Hall–Kier alpha value is -3.08. The van der Waals surface area contributed by atoms with E-state index in [1.807, 2.05) is 55.5 Å². The SMILES string of the molecule is Cc1cccc(C2C(C(=O)C(C)C)=C(O)C(=O)N2c2ccc(N3CCCC3)cc2)c1. The lowest BCUT2D eigenvalue weighted by molar-refractivity contribution is -0.119. The maximum Gasteiger partial charge on any atom is 0.294 e. The van der Waals surface area contributed by atoms with Crippen LogP contribution in [0.25, 0.3) is 0 Å². The highest BCUT2D eigenvalue weighted by atomic mass is 16.3. The Morgan fingerprint density at radius 1 is 1.03 bits per heavy atom. The van der Waals surface area contributed by atoms with Gasteiger partial charge in [-0.25, -0.2) is 0 Å². The number of carbonyl (C=O) groups is 2. The predicted molar refractivity (Wildman–Crippen MR) is 119 cm³/mol. The van der Waals surface area contributed by atoms with E-state index in [1.54, 1.807) is 18.7 Å². The van der Waals surface area contributed by atoms with Crippen molar-refractivity contribution in [3.8, 4) is 0 Å². The molecule has 0 bridgehead atoms. The van der Waals surface area contributed by atoms with Gasteiger partial charge in [-0.1, -0.05) is 43.7 Å². The first kappa shape index (κ1) is 20.2. The van der Waals surface area contributed by atoms with Crippen molar-refractivity contribution in [2.75, 3.05) is 22.9 Å². The molecule has 0 spiro atoms. The predicted octanol–water partition coefficient (Wildman–Crippen LogP) is 4.72. The number of aliphatic hydroxyl groups excluding tert-OH is 1. The molecule has 1 amide bonds. The molecule has 1 fully saturated rings. The second kappa shape index (κ2) is 7.98. The molecule has 5 nitrogen and oxygen atoms in total. The third-order valence-corrected chi connectivity index (χ3v) is 5.95. The number of rotatable bonds is 5. The largest absolute Gasteiger partial charge is 0.503 e. The molecule has 1 saturated heterocycles. The van der Waals surface area contributed by atoms with Crippen molar-refractivity contribution in [2.24, 2.45) is 5.92 Å². The quantitative estimate of drug-likeness (QED) is 0.783. The molecule has 2 aromatic rings. The summed E-state index contributed by atoms with van der Waals surface area (Å²) >= 11 is 0. The number of hydrogen-bond donors (Lipinski definition) is 1. The van der Waals surface area contributed by atoms with Crippen LogP contribution in [-0.4, -0.2) is 29.9 Å². The third kappa shape index (κ3) is 3.49. The van der Waals surface area contributed by atoms with Crippen LogP contribution < -0.4 is 9.80 Å². The zero-order valence-corrected chi connectivity index (χ0v) is 17.8. The highest BCUT2D eigenvalue weighted by molar-refractivity contribution is 6.16. The van der Waals surface area contributed by atoms with Gasteiger partial charge in [0.25, 0.3) is 5.91 Å². The fourth-order valence-electron chi connectivity index (χ4n) is 4.39. The number of ketones is 1. The molecule has 1 atom stereocenters. The first-order chi connectivity index (χ1) is 14.4. The Balaban J connectivity index is 1.77. The second-order valence-corrected chi connectivity index (χ2v) is 8.48. The first-order valence-electron chi connectivity index (χ1n) is 10.6. The Morgan fingerprint density at radius 2 is 1.67 bits per heavy atom. The Kier molecular flexibility index (Phi) is 5.37. The summed E-state index contributed by atoms with van der Waals surface area (Å²) in [6.07, 6.45) is 2.39. The molecule has 2 aliphatic heterocycles. The molecule has 30 heavy (non-hydrogen) atoms. The minimum absolute atomic E-state index is 0.184. The summed E-state index contributed by atoms with van der Waals surface area (Å²) < 4.78 is 0. The van der Waals surface area contributed by atoms with E-state index in [9.17, 15) is 14.7 Å². The number of carbonyl (C=O) groups excluding carboxylic acids is 2.